The predicted octanol–water partition coefficient (Wildman–Crippen LogP) is 2.88. The first-order valence-electron chi connectivity index (χ1n) is 6.67. The van der Waals surface area contributed by atoms with Crippen LogP contribution in [0, 0.1) is 5.92 Å². The highest BCUT2D eigenvalue weighted by atomic mass is 79.9. The van der Waals surface area contributed by atoms with Crippen molar-refractivity contribution in [2.24, 2.45) is 5.92 Å². The second-order valence-electron chi connectivity index (χ2n) is 5.23. The maximum absolute atomic E-state index is 12.2. The lowest BCUT2D eigenvalue weighted by molar-refractivity contribution is -0.121. The fourth-order valence-corrected chi connectivity index (χ4v) is 4.09. The van der Waals surface area contributed by atoms with Crippen molar-refractivity contribution in [1.29, 1.82) is 0 Å². The van der Waals surface area contributed by atoms with E-state index in [1.54, 1.807) is 31.2 Å². The Morgan fingerprint density at radius 2 is 1.70 bits per heavy atom. The molecule has 0 spiro atoms. The molecule has 1 fully saturated rings. The SMILES string of the molecule is CC(=O)C1CCC(NS(=O)(=O)c2ccc(Br)cc2)CC1. The number of carbonyl (C=O) groups excluding carboxylic acids is 1. The monoisotopic (exact) mass is 359 g/mol. The van der Waals surface area contributed by atoms with E-state index in [-0.39, 0.29) is 22.6 Å². The smallest absolute Gasteiger partial charge is 0.240 e. The normalized spacial score (nSPS) is 23.5. The van der Waals surface area contributed by atoms with Crippen LogP contribution in [0.3, 0.4) is 0 Å². The van der Waals surface area contributed by atoms with Gasteiger partial charge in [0, 0.05) is 16.4 Å². The van der Waals surface area contributed by atoms with Crippen LogP contribution in [-0.4, -0.2) is 20.2 Å². The maximum Gasteiger partial charge on any atom is 0.240 e. The number of hydrogen-bond acceptors (Lipinski definition) is 3. The molecule has 0 atom stereocenters. The quantitative estimate of drug-likeness (QED) is 0.898. The molecule has 0 aromatic heterocycles. The predicted molar refractivity (Wildman–Crippen MR) is 80.9 cm³/mol. The molecule has 1 aromatic carbocycles. The van der Waals surface area contributed by atoms with Gasteiger partial charge in [-0.1, -0.05) is 15.9 Å². The molecule has 4 nitrogen and oxygen atoms in total. The molecule has 1 aromatic rings. The summed E-state index contributed by atoms with van der Waals surface area (Å²) in [6.07, 6.45) is 2.98. The Morgan fingerprint density at radius 3 is 2.20 bits per heavy atom. The number of benzene rings is 1. The molecule has 6 heteroatoms. The van der Waals surface area contributed by atoms with Gasteiger partial charge in [0.15, 0.2) is 0 Å². The molecule has 0 heterocycles. The number of nitrogens with one attached hydrogen (secondary N) is 1. The fourth-order valence-electron chi connectivity index (χ4n) is 2.52. The third-order valence-electron chi connectivity index (χ3n) is 3.75. The van der Waals surface area contributed by atoms with E-state index in [1.807, 2.05) is 0 Å². The molecule has 0 aliphatic heterocycles. The lowest BCUT2D eigenvalue weighted by Crippen LogP contribution is -2.38. The first-order chi connectivity index (χ1) is 9.38. The summed E-state index contributed by atoms with van der Waals surface area (Å²) in [5, 5.41) is 0. The Hall–Kier alpha value is -0.720. The van der Waals surface area contributed by atoms with Crippen LogP contribution in [0.4, 0.5) is 0 Å². The van der Waals surface area contributed by atoms with E-state index in [0.29, 0.717) is 0 Å². The lowest BCUT2D eigenvalue weighted by Gasteiger charge is -2.27. The molecule has 1 saturated carbocycles. The second-order valence-corrected chi connectivity index (χ2v) is 7.86. The summed E-state index contributed by atoms with van der Waals surface area (Å²) in [6.45, 7) is 1.61. The van der Waals surface area contributed by atoms with Gasteiger partial charge in [0.1, 0.15) is 5.78 Å². The number of rotatable bonds is 4. The Labute approximate surface area is 128 Å². The van der Waals surface area contributed by atoms with Crippen molar-refractivity contribution in [3.63, 3.8) is 0 Å². The Morgan fingerprint density at radius 1 is 1.15 bits per heavy atom. The van der Waals surface area contributed by atoms with Crippen LogP contribution in [0.5, 0.6) is 0 Å². The highest BCUT2D eigenvalue weighted by Gasteiger charge is 2.27. The Bertz CT molecular complexity index is 575. The summed E-state index contributed by atoms with van der Waals surface area (Å²) in [5.74, 6) is 0.308. The van der Waals surface area contributed by atoms with E-state index < -0.39 is 10.0 Å². The number of sulfonamides is 1. The van der Waals surface area contributed by atoms with E-state index in [2.05, 4.69) is 20.7 Å². The van der Waals surface area contributed by atoms with Crippen LogP contribution in [0.1, 0.15) is 32.6 Å². The average Bonchev–Trinajstić information content (AvgIpc) is 2.39. The summed E-state index contributed by atoms with van der Waals surface area (Å²) in [5.41, 5.74) is 0. The molecule has 1 aliphatic carbocycles. The third-order valence-corrected chi connectivity index (χ3v) is 5.81. The van der Waals surface area contributed by atoms with Gasteiger partial charge >= 0.3 is 0 Å². The van der Waals surface area contributed by atoms with Crippen molar-refractivity contribution < 1.29 is 13.2 Å². The summed E-state index contributed by atoms with van der Waals surface area (Å²) < 4.78 is 28.0. The Kier molecular flexibility index (Phi) is 4.99. The van der Waals surface area contributed by atoms with Gasteiger partial charge in [-0.2, -0.15) is 0 Å². The van der Waals surface area contributed by atoms with Crippen molar-refractivity contribution in [3.05, 3.63) is 28.7 Å². The van der Waals surface area contributed by atoms with Gasteiger partial charge in [-0.05, 0) is 56.9 Å². The molecule has 110 valence electrons. The van der Waals surface area contributed by atoms with E-state index in [1.165, 1.54) is 0 Å². The minimum Gasteiger partial charge on any atom is -0.300 e. The Balaban J connectivity index is 2.00. The molecule has 0 saturated heterocycles. The topological polar surface area (TPSA) is 63.2 Å². The van der Waals surface area contributed by atoms with Crippen molar-refractivity contribution in [1.82, 2.24) is 4.72 Å². The number of ketones is 1. The zero-order valence-electron chi connectivity index (χ0n) is 11.3. The minimum absolute atomic E-state index is 0.0701. The second kappa shape index (κ2) is 6.37. The standard InChI is InChI=1S/C14H18BrNO3S/c1-10(17)11-2-6-13(7-3-11)16-20(18,19)14-8-4-12(15)5-9-14/h4-5,8-9,11,13,16H,2-3,6-7H2,1H3. The van der Waals surface area contributed by atoms with Crippen LogP contribution < -0.4 is 4.72 Å². The highest BCUT2D eigenvalue weighted by molar-refractivity contribution is 9.10. The van der Waals surface area contributed by atoms with Crippen LogP contribution in [0.25, 0.3) is 0 Å². The average molecular weight is 360 g/mol. The highest BCUT2D eigenvalue weighted by Crippen LogP contribution is 2.26. The fraction of sp³-hybridized carbons (Fsp3) is 0.500. The number of halogens is 1. The zero-order valence-corrected chi connectivity index (χ0v) is 13.7. The van der Waals surface area contributed by atoms with Crippen molar-refractivity contribution in [2.75, 3.05) is 0 Å². The number of carbonyl (C=O) groups is 1. The van der Waals surface area contributed by atoms with Gasteiger partial charge in [0.25, 0.3) is 0 Å². The van der Waals surface area contributed by atoms with Gasteiger partial charge in [-0.25, -0.2) is 13.1 Å². The van der Waals surface area contributed by atoms with E-state index in [0.717, 1.165) is 30.2 Å². The van der Waals surface area contributed by atoms with Crippen LogP contribution >= 0.6 is 15.9 Å². The molecule has 0 radical (unpaired) electrons. The van der Waals surface area contributed by atoms with Gasteiger partial charge < -0.3 is 0 Å². The minimum atomic E-state index is -3.47. The van der Waals surface area contributed by atoms with Crippen molar-refractivity contribution in [2.45, 2.75) is 43.5 Å². The summed E-state index contributed by atoms with van der Waals surface area (Å²) >= 11 is 3.28. The molecule has 0 bridgehead atoms. The number of Topliss-reactive ketones (excluding diaryl/α,β-unsaturated/α-hetero) is 1. The summed E-state index contributed by atoms with van der Waals surface area (Å²) in [7, 11) is -3.47. The molecule has 20 heavy (non-hydrogen) atoms. The molecular formula is C14H18BrNO3S. The molecular weight excluding hydrogens is 342 g/mol. The molecule has 1 aliphatic rings. The van der Waals surface area contributed by atoms with Gasteiger partial charge in [0.2, 0.25) is 10.0 Å². The van der Waals surface area contributed by atoms with Crippen LogP contribution in [0.15, 0.2) is 33.6 Å². The first-order valence-corrected chi connectivity index (χ1v) is 8.94. The molecule has 0 unspecified atom stereocenters. The zero-order chi connectivity index (χ0) is 14.8. The van der Waals surface area contributed by atoms with Crippen LogP contribution in [-0.2, 0) is 14.8 Å². The van der Waals surface area contributed by atoms with Crippen LogP contribution in [0.2, 0.25) is 0 Å². The number of hydrogen-bond donors (Lipinski definition) is 1. The van der Waals surface area contributed by atoms with E-state index >= 15 is 0 Å². The van der Waals surface area contributed by atoms with Gasteiger partial charge in [0.05, 0.1) is 4.90 Å². The molecule has 2 rings (SSSR count). The lowest BCUT2D eigenvalue weighted by atomic mass is 9.84. The summed E-state index contributed by atoms with van der Waals surface area (Å²) in [6, 6.07) is 6.50. The van der Waals surface area contributed by atoms with Gasteiger partial charge in [-0.15, -0.1) is 0 Å². The molecule has 0 amide bonds. The summed E-state index contributed by atoms with van der Waals surface area (Å²) in [4.78, 5) is 11.6. The largest absolute Gasteiger partial charge is 0.300 e. The first kappa shape index (κ1) is 15.7. The van der Waals surface area contributed by atoms with E-state index in [9.17, 15) is 13.2 Å². The van der Waals surface area contributed by atoms with Crippen molar-refractivity contribution in [3.8, 4) is 0 Å². The third kappa shape index (κ3) is 3.90. The van der Waals surface area contributed by atoms with E-state index in [4.69, 9.17) is 0 Å². The maximum atomic E-state index is 12.2. The van der Waals surface area contributed by atoms with Gasteiger partial charge in [-0.3, -0.25) is 4.79 Å². The molecule has 1 N–H and O–H groups in total. The van der Waals surface area contributed by atoms with Crippen molar-refractivity contribution >= 4 is 31.7 Å².